The third-order valence-electron chi connectivity index (χ3n) is 2.13. The Morgan fingerprint density at radius 1 is 0.950 bits per heavy atom. The van der Waals surface area contributed by atoms with Gasteiger partial charge in [-0.3, -0.25) is 4.72 Å². The molecule has 0 aliphatic carbocycles. The zero-order valence-electron chi connectivity index (χ0n) is 10.3. The quantitative estimate of drug-likeness (QED) is 0.733. The maximum Gasteiger partial charge on any atom is 0.261 e. The van der Waals surface area contributed by atoms with Crippen LogP contribution in [0.4, 0.5) is 5.69 Å². The van der Waals surface area contributed by atoms with Crippen LogP contribution >= 0.6 is 10.7 Å². The number of hydrogen-bond donors (Lipinski definition) is 1. The van der Waals surface area contributed by atoms with Crippen LogP contribution in [0.15, 0.2) is 29.2 Å². The molecule has 0 aromatic heterocycles. The van der Waals surface area contributed by atoms with Crippen molar-refractivity contribution in [3.05, 3.63) is 24.3 Å². The molecule has 20 heavy (non-hydrogen) atoms. The minimum Gasteiger partial charge on any atom is -0.284 e. The predicted molar refractivity (Wildman–Crippen MR) is 76.6 cm³/mol. The molecule has 1 aromatic carbocycles. The van der Waals surface area contributed by atoms with Crippen molar-refractivity contribution in [2.24, 2.45) is 0 Å². The van der Waals surface area contributed by atoms with Crippen molar-refractivity contribution in [2.75, 3.05) is 22.5 Å². The molecule has 0 unspecified atom stereocenters. The molecule has 0 spiro atoms. The van der Waals surface area contributed by atoms with E-state index in [4.69, 9.17) is 10.7 Å². The van der Waals surface area contributed by atoms with Gasteiger partial charge in [0, 0.05) is 22.6 Å². The Bertz CT molecular complexity index is 781. The molecule has 1 rings (SSSR count). The number of nitrogens with one attached hydrogen (secondary N) is 1. The van der Waals surface area contributed by atoms with E-state index in [1.54, 1.807) is 0 Å². The van der Waals surface area contributed by atoms with Crippen LogP contribution in [0.5, 0.6) is 0 Å². The van der Waals surface area contributed by atoms with Gasteiger partial charge in [-0.05, 0) is 24.3 Å². The van der Waals surface area contributed by atoms with Crippen LogP contribution in [0.3, 0.4) is 0 Å². The molecule has 0 saturated heterocycles. The van der Waals surface area contributed by atoms with Crippen molar-refractivity contribution in [3.8, 4) is 0 Å². The summed E-state index contributed by atoms with van der Waals surface area (Å²) >= 11 is 0. The second-order valence-electron chi connectivity index (χ2n) is 4.01. The Morgan fingerprint density at radius 2 is 1.45 bits per heavy atom. The highest BCUT2D eigenvalue weighted by atomic mass is 35.7. The number of sulfone groups is 1. The molecule has 0 heterocycles. The minimum atomic E-state index is -3.88. The van der Waals surface area contributed by atoms with Crippen LogP contribution in [0, 0.1) is 0 Å². The third-order valence-corrected chi connectivity index (χ3v) is 5.99. The summed E-state index contributed by atoms with van der Waals surface area (Å²) in [6.07, 6.45) is 0.933. The van der Waals surface area contributed by atoms with Crippen molar-refractivity contribution in [1.82, 2.24) is 0 Å². The second-order valence-corrected chi connectivity index (χ2v) is 10.7. The van der Waals surface area contributed by atoms with Gasteiger partial charge in [0.15, 0.2) is 0 Å². The summed E-state index contributed by atoms with van der Waals surface area (Å²) in [6.45, 7) is 0. The van der Waals surface area contributed by atoms with E-state index in [1.165, 1.54) is 12.1 Å². The molecule has 114 valence electrons. The van der Waals surface area contributed by atoms with E-state index in [0.717, 1.165) is 18.4 Å². The fraction of sp³-hybridized carbons (Fsp3) is 0.333. The standard InChI is InChI=1S/C9H12ClNO6S3/c1-18(12,13)6-7-19(14,15)11-8-2-4-9(5-3-8)20(10,16)17/h2-5,11H,6-7H2,1H3. The van der Waals surface area contributed by atoms with Crippen LogP contribution in [-0.2, 0) is 28.9 Å². The minimum absolute atomic E-state index is 0.113. The number of benzene rings is 1. The van der Waals surface area contributed by atoms with Crippen LogP contribution < -0.4 is 4.72 Å². The smallest absolute Gasteiger partial charge is 0.261 e. The summed E-state index contributed by atoms with van der Waals surface area (Å²) < 4.78 is 69.2. The Labute approximate surface area is 122 Å². The predicted octanol–water partition coefficient (Wildman–Crippen LogP) is 0.400. The van der Waals surface area contributed by atoms with Gasteiger partial charge in [0.05, 0.1) is 16.4 Å². The summed E-state index contributed by atoms with van der Waals surface area (Å²) in [6, 6.07) is 4.70. The van der Waals surface area contributed by atoms with Crippen molar-refractivity contribution in [3.63, 3.8) is 0 Å². The van der Waals surface area contributed by atoms with Gasteiger partial charge in [0.2, 0.25) is 10.0 Å². The Balaban J connectivity index is 2.83. The summed E-state index contributed by atoms with van der Waals surface area (Å²) in [5, 5.41) is 0. The molecule has 0 amide bonds. The molecule has 1 N–H and O–H groups in total. The van der Waals surface area contributed by atoms with Gasteiger partial charge in [0.25, 0.3) is 9.05 Å². The lowest BCUT2D eigenvalue weighted by atomic mass is 10.3. The van der Waals surface area contributed by atoms with Crippen molar-refractivity contribution < 1.29 is 25.3 Å². The number of anilines is 1. The fourth-order valence-electron chi connectivity index (χ4n) is 1.18. The summed E-state index contributed by atoms with van der Waals surface area (Å²) in [4.78, 5) is -0.168. The van der Waals surface area contributed by atoms with E-state index < -0.39 is 40.4 Å². The molecule has 11 heteroatoms. The maximum atomic E-state index is 11.6. The zero-order chi connectivity index (χ0) is 15.6. The molecule has 7 nitrogen and oxygen atoms in total. The van der Waals surface area contributed by atoms with Crippen LogP contribution in [-0.4, -0.2) is 43.0 Å². The zero-order valence-corrected chi connectivity index (χ0v) is 13.5. The highest BCUT2D eigenvalue weighted by Crippen LogP contribution is 2.18. The monoisotopic (exact) mass is 361 g/mol. The Hall–Kier alpha value is -0.840. The molecule has 0 fully saturated rings. The fourth-order valence-corrected chi connectivity index (χ4v) is 4.63. The lowest BCUT2D eigenvalue weighted by Crippen LogP contribution is -2.22. The van der Waals surface area contributed by atoms with Gasteiger partial charge in [0.1, 0.15) is 9.84 Å². The van der Waals surface area contributed by atoms with Gasteiger partial charge in [-0.2, -0.15) is 0 Å². The summed E-state index contributed by atoms with van der Waals surface area (Å²) in [5.41, 5.74) is 0.113. The van der Waals surface area contributed by atoms with E-state index in [0.29, 0.717) is 0 Å². The van der Waals surface area contributed by atoms with Crippen LogP contribution in [0.2, 0.25) is 0 Å². The van der Waals surface area contributed by atoms with E-state index >= 15 is 0 Å². The molecule has 0 aliphatic rings. The molecule has 1 aromatic rings. The Kier molecular flexibility index (Phi) is 5.06. The lowest BCUT2D eigenvalue weighted by molar-refractivity contribution is 0.593. The molecule has 0 atom stereocenters. The average Bonchev–Trinajstić information content (AvgIpc) is 2.25. The van der Waals surface area contributed by atoms with Gasteiger partial charge in [-0.1, -0.05) is 0 Å². The Morgan fingerprint density at radius 3 is 1.85 bits per heavy atom. The first kappa shape index (κ1) is 17.2. The third kappa shape index (κ3) is 6.07. The van der Waals surface area contributed by atoms with E-state index in [1.807, 2.05) is 0 Å². The lowest BCUT2D eigenvalue weighted by Gasteiger charge is -2.07. The van der Waals surface area contributed by atoms with Gasteiger partial charge < -0.3 is 0 Å². The highest BCUT2D eigenvalue weighted by Gasteiger charge is 2.15. The van der Waals surface area contributed by atoms with Gasteiger partial charge >= 0.3 is 0 Å². The van der Waals surface area contributed by atoms with E-state index in [2.05, 4.69) is 4.72 Å². The summed E-state index contributed by atoms with van der Waals surface area (Å²) in [7, 11) is -5.99. The summed E-state index contributed by atoms with van der Waals surface area (Å²) in [5.74, 6) is -1.09. The number of hydrogen-bond acceptors (Lipinski definition) is 6. The maximum absolute atomic E-state index is 11.6. The SMILES string of the molecule is CS(=O)(=O)CCS(=O)(=O)Nc1ccc(S(=O)(=O)Cl)cc1. The molecule has 0 radical (unpaired) electrons. The molecule has 0 saturated carbocycles. The molecular formula is C9H12ClNO6S3. The van der Waals surface area contributed by atoms with Gasteiger partial charge in [-0.25, -0.2) is 25.3 Å². The number of sulfonamides is 1. The normalized spacial score (nSPS) is 13.1. The van der Waals surface area contributed by atoms with Crippen molar-refractivity contribution in [1.29, 1.82) is 0 Å². The largest absolute Gasteiger partial charge is 0.284 e. The molecule has 0 bridgehead atoms. The topological polar surface area (TPSA) is 114 Å². The first-order chi connectivity index (χ1) is 8.89. The molecule has 0 aliphatic heterocycles. The van der Waals surface area contributed by atoms with Crippen LogP contribution in [0.25, 0.3) is 0 Å². The molecular weight excluding hydrogens is 350 g/mol. The number of halogens is 1. The van der Waals surface area contributed by atoms with Crippen LogP contribution in [0.1, 0.15) is 0 Å². The highest BCUT2D eigenvalue weighted by molar-refractivity contribution is 8.13. The number of rotatable bonds is 6. The first-order valence-electron chi connectivity index (χ1n) is 5.12. The average molecular weight is 362 g/mol. The first-order valence-corrected chi connectivity index (χ1v) is 11.1. The van der Waals surface area contributed by atoms with Gasteiger partial charge in [-0.15, -0.1) is 0 Å². The van der Waals surface area contributed by atoms with E-state index in [9.17, 15) is 25.3 Å². The van der Waals surface area contributed by atoms with E-state index in [-0.39, 0.29) is 10.6 Å². The van der Waals surface area contributed by atoms with Crippen molar-refractivity contribution >= 4 is 45.3 Å². The second kappa shape index (κ2) is 5.88. The van der Waals surface area contributed by atoms with Crippen molar-refractivity contribution in [2.45, 2.75) is 4.90 Å².